The Balaban J connectivity index is 1.42. The first-order chi connectivity index (χ1) is 14.7. The molecule has 3 heterocycles. The smallest absolute Gasteiger partial charge is 0.320 e. The zero-order valence-electron chi connectivity index (χ0n) is 16.9. The van der Waals surface area contributed by atoms with Gasteiger partial charge >= 0.3 is 6.03 Å². The summed E-state index contributed by atoms with van der Waals surface area (Å²) in [6.45, 7) is 4.98. The van der Waals surface area contributed by atoms with Gasteiger partial charge in [0.25, 0.3) is 0 Å². The first-order valence-electron chi connectivity index (χ1n) is 10.4. The van der Waals surface area contributed by atoms with E-state index in [-0.39, 0.29) is 12.1 Å². The predicted molar refractivity (Wildman–Crippen MR) is 118 cm³/mol. The number of urea groups is 1. The van der Waals surface area contributed by atoms with E-state index in [2.05, 4.69) is 30.8 Å². The molecule has 2 saturated heterocycles. The molecule has 30 heavy (non-hydrogen) atoms. The van der Waals surface area contributed by atoms with Crippen LogP contribution in [0.1, 0.15) is 19.3 Å². The Morgan fingerprint density at radius 1 is 1.20 bits per heavy atom. The van der Waals surface area contributed by atoms with Crippen LogP contribution in [-0.4, -0.2) is 61.4 Å². The quantitative estimate of drug-likeness (QED) is 0.690. The number of aromatic nitrogens is 2. The number of nitrogens with one attached hydrogen (secondary N) is 3. The molecular weight excluding hydrogens is 404 g/mol. The van der Waals surface area contributed by atoms with Gasteiger partial charge in [0.2, 0.25) is 0 Å². The number of nitrogens with zero attached hydrogens (tertiary/aromatic N) is 3. The lowest BCUT2D eigenvalue weighted by atomic mass is 10.1. The van der Waals surface area contributed by atoms with Gasteiger partial charge in [0.1, 0.15) is 0 Å². The summed E-state index contributed by atoms with van der Waals surface area (Å²) in [7, 11) is 0. The molecule has 0 aliphatic carbocycles. The van der Waals surface area contributed by atoms with Crippen molar-refractivity contribution in [2.45, 2.75) is 25.3 Å². The first kappa shape index (κ1) is 20.8. The van der Waals surface area contributed by atoms with Crippen molar-refractivity contribution < 1.29 is 9.53 Å². The summed E-state index contributed by atoms with van der Waals surface area (Å²) in [6, 6.07) is 5.77. The Morgan fingerprint density at radius 3 is 2.90 bits per heavy atom. The standard InChI is InChI=1S/C21H27ClN6O2/c22-17-12-15(3-4-19(17)28-8-10-30-11-9-28)18-13-24-14-20(26-18)27-21(29)25-16-2-1-6-23-7-5-16/h3-4,12-14,16,23H,1-2,5-11H2,(H2,25,26,27,29). The number of carbonyl (C=O) groups is 1. The molecular formula is C21H27ClN6O2. The molecule has 0 bridgehead atoms. The lowest BCUT2D eigenvalue weighted by Crippen LogP contribution is -2.38. The Labute approximate surface area is 181 Å². The minimum absolute atomic E-state index is 0.169. The zero-order valence-corrected chi connectivity index (χ0v) is 17.6. The summed E-state index contributed by atoms with van der Waals surface area (Å²) in [6.07, 6.45) is 6.16. The zero-order chi connectivity index (χ0) is 20.8. The van der Waals surface area contributed by atoms with Crippen LogP contribution in [0.2, 0.25) is 5.02 Å². The highest BCUT2D eigenvalue weighted by atomic mass is 35.5. The Hall–Kier alpha value is -2.42. The van der Waals surface area contributed by atoms with Crippen LogP contribution in [0.25, 0.3) is 11.3 Å². The number of benzene rings is 1. The molecule has 1 unspecified atom stereocenters. The largest absolute Gasteiger partial charge is 0.378 e. The van der Waals surface area contributed by atoms with Crippen molar-refractivity contribution in [2.75, 3.05) is 49.6 Å². The van der Waals surface area contributed by atoms with Gasteiger partial charge in [0.05, 0.1) is 42.0 Å². The second kappa shape index (κ2) is 10.1. The number of morpholine rings is 1. The fourth-order valence-corrected chi connectivity index (χ4v) is 4.09. The highest BCUT2D eigenvalue weighted by molar-refractivity contribution is 6.33. The minimum Gasteiger partial charge on any atom is -0.378 e. The fourth-order valence-electron chi connectivity index (χ4n) is 3.79. The molecule has 2 fully saturated rings. The van der Waals surface area contributed by atoms with Crippen LogP contribution in [0.4, 0.5) is 16.3 Å². The Morgan fingerprint density at radius 2 is 2.07 bits per heavy atom. The van der Waals surface area contributed by atoms with Crippen molar-refractivity contribution >= 4 is 29.1 Å². The molecule has 2 amide bonds. The maximum Gasteiger partial charge on any atom is 0.320 e. The van der Waals surface area contributed by atoms with E-state index in [1.807, 2.05) is 18.2 Å². The molecule has 1 atom stereocenters. The van der Waals surface area contributed by atoms with Crippen LogP contribution in [0.3, 0.4) is 0 Å². The molecule has 1 aromatic heterocycles. The summed E-state index contributed by atoms with van der Waals surface area (Å²) < 4.78 is 5.41. The second-order valence-corrected chi connectivity index (χ2v) is 7.94. The number of ether oxygens (including phenoxy) is 1. The van der Waals surface area contributed by atoms with Crippen molar-refractivity contribution in [2.24, 2.45) is 0 Å². The maximum atomic E-state index is 12.4. The number of anilines is 2. The van der Waals surface area contributed by atoms with Crippen molar-refractivity contribution in [3.8, 4) is 11.3 Å². The summed E-state index contributed by atoms with van der Waals surface area (Å²) in [5, 5.41) is 9.83. The molecule has 2 aliphatic heterocycles. The van der Waals surface area contributed by atoms with Crippen molar-refractivity contribution in [3.63, 3.8) is 0 Å². The Kier molecular flexibility index (Phi) is 6.99. The molecule has 9 heteroatoms. The fraction of sp³-hybridized carbons (Fsp3) is 0.476. The third-order valence-electron chi connectivity index (χ3n) is 5.38. The normalized spacial score (nSPS) is 19.8. The predicted octanol–water partition coefficient (Wildman–Crippen LogP) is 2.90. The van der Waals surface area contributed by atoms with Gasteiger partial charge in [0.15, 0.2) is 5.82 Å². The van der Waals surface area contributed by atoms with Gasteiger partial charge in [-0.1, -0.05) is 17.7 Å². The van der Waals surface area contributed by atoms with Gasteiger partial charge in [-0.05, 0) is 44.5 Å². The monoisotopic (exact) mass is 430 g/mol. The van der Waals surface area contributed by atoms with Crippen LogP contribution in [0.5, 0.6) is 0 Å². The molecule has 0 radical (unpaired) electrons. The second-order valence-electron chi connectivity index (χ2n) is 7.53. The molecule has 4 rings (SSSR count). The molecule has 0 saturated carbocycles. The number of amides is 2. The van der Waals surface area contributed by atoms with Crippen LogP contribution < -0.4 is 20.9 Å². The van der Waals surface area contributed by atoms with Gasteiger partial charge < -0.3 is 20.3 Å². The molecule has 0 spiro atoms. The van der Waals surface area contributed by atoms with E-state index < -0.39 is 0 Å². The number of hydrogen-bond donors (Lipinski definition) is 3. The summed E-state index contributed by atoms with van der Waals surface area (Å²) in [5.74, 6) is 0.408. The molecule has 160 valence electrons. The van der Waals surface area contributed by atoms with E-state index in [0.29, 0.717) is 29.7 Å². The van der Waals surface area contributed by atoms with E-state index in [4.69, 9.17) is 16.3 Å². The highest BCUT2D eigenvalue weighted by Crippen LogP contribution is 2.31. The van der Waals surface area contributed by atoms with E-state index in [1.54, 1.807) is 12.4 Å². The van der Waals surface area contributed by atoms with E-state index in [0.717, 1.165) is 56.7 Å². The average Bonchev–Trinajstić information content (AvgIpc) is 3.03. The van der Waals surface area contributed by atoms with Crippen LogP contribution in [-0.2, 0) is 4.74 Å². The third-order valence-corrected chi connectivity index (χ3v) is 5.69. The lowest BCUT2D eigenvalue weighted by Gasteiger charge is -2.29. The molecule has 2 aliphatic rings. The van der Waals surface area contributed by atoms with Crippen LogP contribution in [0, 0.1) is 0 Å². The van der Waals surface area contributed by atoms with Crippen molar-refractivity contribution in [1.29, 1.82) is 0 Å². The van der Waals surface area contributed by atoms with E-state index >= 15 is 0 Å². The number of hydrogen-bond acceptors (Lipinski definition) is 6. The highest BCUT2D eigenvalue weighted by Gasteiger charge is 2.17. The van der Waals surface area contributed by atoms with Crippen molar-refractivity contribution in [3.05, 3.63) is 35.6 Å². The number of halogens is 1. The summed E-state index contributed by atoms with van der Waals surface area (Å²) >= 11 is 6.54. The number of carbonyl (C=O) groups excluding carboxylic acids is 1. The summed E-state index contributed by atoms with van der Waals surface area (Å²) in [5.41, 5.74) is 2.49. The van der Waals surface area contributed by atoms with E-state index in [9.17, 15) is 4.79 Å². The third kappa shape index (κ3) is 5.38. The molecule has 8 nitrogen and oxygen atoms in total. The van der Waals surface area contributed by atoms with Gasteiger partial charge in [-0.25, -0.2) is 9.78 Å². The van der Waals surface area contributed by atoms with Gasteiger partial charge in [-0.3, -0.25) is 10.3 Å². The summed E-state index contributed by atoms with van der Waals surface area (Å²) in [4.78, 5) is 23.4. The maximum absolute atomic E-state index is 12.4. The van der Waals surface area contributed by atoms with Gasteiger partial charge in [-0.15, -0.1) is 0 Å². The Bertz CT molecular complexity index is 866. The molecule has 1 aromatic carbocycles. The molecule has 2 aromatic rings. The topological polar surface area (TPSA) is 91.4 Å². The van der Waals surface area contributed by atoms with Gasteiger partial charge in [-0.2, -0.15) is 0 Å². The van der Waals surface area contributed by atoms with Crippen LogP contribution >= 0.6 is 11.6 Å². The van der Waals surface area contributed by atoms with Crippen molar-refractivity contribution in [1.82, 2.24) is 20.6 Å². The van der Waals surface area contributed by atoms with Crippen LogP contribution in [0.15, 0.2) is 30.6 Å². The minimum atomic E-state index is -0.256. The van der Waals surface area contributed by atoms with Gasteiger partial charge in [0, 0.05) is 24.7 Å². The average molecular weight is 431 g/mol. The SMILES string of the molecule is O=C(Nc1cncc(-c2ccc(N3CCOCC3)c(Cl)c2)n1)NC1CCCNCC1. The number of rotatable bonds is 4. The first-order valence-corrected chi connectivity index (χ1v) is 10.8. The van der Waals surface area contributed by atoms with E-state index in [1.165, 1.54) is 0 Å². The molecule has 3 N–H and O–H groups in total. The lowest BCUT2D eigenvalue weighted by molar-refractivity contribution is 0.122.